The average Bonchev–Trinajstić information content (AvgIpc) is 2.21. The highest BCUT2D eigenvalue weighted by Gasteiger charge is 2.36. The molecule has 0 radical (unpaired) electrons. The van der Waals surface area contributed by atoms with Crippen molar-refractivity contribution in [1.82, 2.24) is 4.98 Å². The highest BCUT2D eigenvalue weighted by molar-refractivity contribution is 5.70. The lowest BCUT2D eigenvalue weighted by molar-refractivity contribution is -0.276. The predicted octanol–water partition coefficient (Wildman–Crippen LogP) is 2.68. The van der Waals surface area contributed by atoms with Gasteiger partial charge in [0.1, 0.15) is 0 Å². The number of carboxylic acid groups (broad SMARTS) is 1. The number of pyridine rings is 1. The average molecular weight is 289 g/mol. The minimum absolute atomic E-state index is 0.425. The number of alkyl halides is 5. The maximum absolute atomic E-state index is 13.5. The summed E-state index contributed by atoms with van der Waals surface area (Å²) >= 11 is 0. The molecular formula is C9H5F6NO3. The molecule has 0 aliphatic heterocycles. The molecule has 0 atom stereocenters. The molecular weight excluding hydrogens is 284 g/mol. The minimum Gasteiger partial charge on any atom is -0.481 e. The van der Waals surface area contributed by atoms with Crippen molar-refractivity contribution in [3.05, 3.63) is 23.3 Å². The SMILES string of the molecule is O=C(O)Cc1cnc(C(F)F)c(OC(F)(F)F)c1F. The summed E-state index contributed by atoms with van der Waals surface area (Å²) in [6, 6.07) is 0. The van der Waals surface area contributed by atoms with Crippen LogP contribution in [0.1, 0.15) is 17.7 Å². The van der Waals surface area contributed by atoms with E-state index in [2.05, 4.69) is 9.72 Å². The van der Waals surface area contributed by atoms with Crippen LogP contribution in [0.5, 0.6) is 5.75 Å². The molecule has 1 aromatic rings. The number of hydrogen-bond donors (Lipinski definition) is 1. The van der Waals surface area contributed by atoms with E-state index in [1.54, 1.807) is 0 Å². The Hall–Kier alpha value is -2.00. The molecule has 1 rings (SSSR count). The number of halogens is 6. The number of ether oxygens (including phenoxy) is 1. The molecule has 0 spiro atoms. The largest absolute Gasteiger partial charge is 0.573 e. The van der Waals surface area contributed by atoms with Crippen LogP contribution in [0.15, 0.2) is 6.20 Å². The molecule has 0 aliphatic carbocycles. The molecule has 0 saturated heterocycles. The summed E-state index contributed by atoms with van der Waals surface area (Å²) in [5, 5.41) is 8.39. The molecule has 1 aromatic heterocycles. The fraction of sp³-hybridized carbons (Fsp3) is 0.333. The van der Waals surface area contributed by atoms with E-state index in [4.69, 9.17) is 5.11 Å². The van der Waals surface area contributed by atoms with Gasteiger partial charge in [-0.15, -0.1) is 13.2 Å². The third-order valence-electron chi connectivity index (χ3n) is 1.84. The zero-order chi connectivity index (χ0) is 14.8. The molecule has 1 N–H and O–H groups in total. The van der Waals surface area contributed by atoms with Crippen LogP contribution in [0.25, 0.3) is 0 Å². The van der Waals surface area contributed by atoms with Crippen LogP contribution in [-0.4, -0.2) is 22.4 Å². The van der Waals surface area contributed by atoms with Crippen molar-refractivity contribution in [3.63, 3.8) is 0 Å². The summed E-state index contributed by atoms with van der Waals surface area (Å²) in [5.41, 5.74) is -2.35. The van der Waals surface area contributed by atoms with Crippen molar-refractivity contribution in [2.24, 2.45) is 0 Å². The van der Waals surface area contributed by atoms with E-state index in [-0.39, 0.29) is 0 Å². The van der Waals surface area contributed by atoms with E-state index in [0.717, 1.165) is 0 Å². The molecule has 0 saturated carbocycles. The Morgan fingerprint density at radius 3 is 2.42 bits per heavy atom. The van der Waals surface area contributed by atoms with E-state index in [9.17, 15) is 31.1 Å². The Balaban J connectivity index is 3.31. The van der Waals surface area contributed by atoms with Gasteiger partial charge < -0.3 is 9.84 Å². The first-order valence-electron chi connectivity index (χ1n) is 4.54. The van der Waals surface area contributed by atoms with Gasteiger partial charge in [-0.2, -0.15) is 0 Å². The van der Waals surface area contributed by atoms with Gasteiger partial charge in [-0.25, -0.2) is 13.2 Å². The summed E-state index contributed by atoms with van der Waals surface area (Å²) < 4.78 is 77.4. The first-order chi connectivity index (χ1) is 8.61. The lowest BCUT2D eigenvalue weighted by Crippen LogP contribution is -2.20. The van der Waals surface area contributed by atoms with Crippen LogP contribution < -0.4 is 4.74 Å². The van der Waals surface area contributed by atoms with Gasteiger partial charge in [0, 0.05) is 11.8 Å². The number of carbonyl (C=O) groups is 1. The lowest BCUT2D eigenvalue weighted by Gasteiger charge is -2.14. The van der Waals surface area contributed by atoms with Gasteiger partial charge in [-0.1, -0.05) is 0 Å². The van der Waals surface area contributed by atoms with Crippen LogP contribution in [0.2, 0.25) is 0 Å². The summed E-state index contributed by atoms with van der Waals surface area (Å²) in [5.74, 6) is -5.21. The van der Waals surface area contributed by atoms with Gasteiger partial charge in [0.2, 0.25) is 0 Å². The second-order valence-electron chi connectivity index (χ2n) is 3.23. The number of rotatable bonds is 4. The topological polar surface area (TPSA) is 59.4 Å². The Bertz CT molecular complexity index is 488. The maximum Gasteiger partial charge on any atom is 0.573 e. The van der Waals surface area contributed by atoms with E-state index >= 15 is 0 Å². The standard InChI is InChI=1S/C9H5F6NO3/c10-5-3(1-4(17)18)2-16-6(8(11)12)7(5)19-9(13,14)15/h2,8H,1H2,(H,17,18). The molecule has 106 valence electrons. The first-order valence-corrected chi connectivity index (χ1v) is 4.54. The third kappa shape index (κ3) is 4.00. The number of hydrogen-bond acceptors (Lipinski definition) is 3. The highest BCUT2D eigenvalue weighted by Crippen LogP contribution is 2.35. The summed E-state index contributed by atoms with van der Waals surface area (Å²) in [6.45, 7) is 0. The van der Waals surface area contributed by atoms with Crippen LogP contribution in [0.3, 0.4) is 0 Å². The zero-order valence-corrected chi connectivity index (χ0v) is 8.84. The Labute approximate surface area is 101 Å². The van der Waals surface area contributed by atoms with Crippen LogP contribution in [0.4, 0.5) is 26.3 Å². The Morgan fingerprint density at radius 2 is 2.00 bits per heavy atom. The van der Waals surface area contributed by atoms with Gasteiger partial charge in [0.05, 0.1) is 6.42 Å². The van der Waals surface area contributed by atoms with Gasteiger partial charge >= 0.3 is 12.3 Å². The van der Waals surface area contributed by atoms with Crippen LogP contribution in [0, 0.1) is 5.82 Å². The van der Waals surface area contributed by atoms with Gasteiger partial charge in [-0.3, -0.25) is 9.78 Å². The lowest BCUT2D eigenvalue weighted by atomic mass is 10.1. The number of nitrogens with zero attached hydrogens (tertiary/aromatic N) is 1. The molecule has 0 aliphatic rings. The summed E-state index contributed by atoms with van der Waals surface area (Å²) in [4.78, 5) is 13.2. The molecule has 4 nitrogen and oxygen atoms in total. The van der Waals surface area contributed by atoms with Crippen molar-refractivity contribution in [2.75, 3.05) is 0 Å². The predicted molar refractivity (Wildman–Crippen MR) is 47.2 cm³/mol. The van der Waals surface area contributed by atoms with E-state index in [1.165, 1.54) is 0 Å². The second kappa shape index (κ2) is 5.33. The maximum atomic E-state index is 13.5. The van der Waals surface area contributed by atoms with Crippen molar-refractivity contribution in [1.29, 1.82) is 0 Å². The molecule has 0 amide bonds. The fourth-order valence-corrected chi connectivity index (χ4v) is 1.18. The molecule has 0 bridgehead atoms. The van der Waals surface area contributed by atoms with Gasteiger partial charge in [0.15, 0.2) is 17.3 Å². The molecule has 1 heterocycles. The number of carboxylic acids is 1. The van der Waals surface area contributed by atoms with E-state index < -0.39 is 48.0 Å². The van der Waals surface area contributed by atoms with Gasteiger partial charge in [-0.05, 0) is 0 Å². The van der Waals surface area contributed by atoms with Crippen molar-refractivity contribution in [3.8, 4) is 5.75 Å². The molecule has 19 heavy (non-hydrogen) atoms. The van der Waals surface area contributed by atoms with Crippen LogP contribution >= 0.6 is 0 Å². The smallest absolute Gasteiger partial charge is 0.481 e. The highest BCUT2D eigenvalue weighted by atomic mass is 19.4. The fourth-order valence-electron chi connectivity index (χ4n) is 1.18. The Morgan fingerprint density at radius 1 is 1.42 bits per heavy atom. The third-order valence-corrected chi connectivity index (χ3v) is 1.84. The summed E-state index contributed by atoms with van der Waals surface area (Å²) in [6.07, 6.45) is -9.51. The normalized spacial score (nSPS) is 11.7. The summed E-state index contributed by atoms with van der Waals surface area (Å²) in [7, 11) is 0. The van der Waals surface area contributed by atoms with E-state index in [1.807, 2.05) is 0 Å². The van der Waals surface area contributed by atoms with Crippen molar-refractivity contribution < 1.29 is 41.0 Å². The monoisotopic (exact) mass is 289 g/mol. The first kappa shape index (κ1) is 15.1. The second-order valence-corrected chi connectivity index (χ2v) is 3.23. The van der Waals surface area contributed by atoms with Gasteiger partial charge in [0.25, 0.3) is 6.43 Å². The van der Waals surface area contributed by atoms with Crippen molar-refractivity contribution >= 4 is 5.97 Å². The quantitative estimate of drug-likeness (QED) is 0.866. The van der Waals surface area contributed by atoms with E-state index in [0.29, 0.717) is 6.20 Å². The van der Waals surface area contributed by atoms with Crippen molar-refractivity contribution in [2.45, 2.75) is 19.2 Å². The molecule has 0 aromatic carbocycles. The zero-order valence-electron chi connectivity index (χ0n) is 8.84. The minimum atomic E-state index is -5.41. The number of aliphatic carboxylic acids is 1. The molecule has 0 unspecified atom stereocenters. The molecule has 0 fully saturated rings. The molecule has 10 heteroatoms. The van der Waals surface area contributed by atoms with Crippen LogP contribution in [-0.2, 0) is 11.2 Å². The number of aromatic nitrogens is 1. The Kier molecular flexibility index (Phi) is 4.22.